The van der Waals surface area contributed by atoms with E-state index in [9.17, 15) is 8.78 Å². The van der Waals surface area contributed by atoms with Crippen LogP contribution in [0.4, 0.5) is 8.78 Å². The predicted octanol–water partition coefficient (Wildman–Crippen LogP) is 5.18. The van der Waals surface area contributed by atoms with Crippen LogP contribution < -0.4 is 9.47 Å². The zero-order chi connectivity index (χ0) is 18.2. The number of benzene rings is 2. The maximum atomic E-state index is 13.2. The molecule has 0 unspecified atom stereocenters. The van der Waals surface area contributed by atoms with Crippen molar-refractivity contribution >= 4 is 0 Å². The summed E-state index contributed by atoms with van der Waals surface area (Å²) >= 11 is 0. The van der Waals surface area contributed by atoms with E-state index in [2.05, 4.69) is 17.1 Å². The van der Waals surface area contributed by atoms with Crippen LogP contribution in [0.25, 0.3) is 0 Å². The summed E-state index contributed by atoms with van der Waals surface area (Å²) in [4.78, 5) is 2.45. The van der Waals surface area contributed by atoms with Gasteiger partial charge in [0.15, 0.2) is 11.6 Å². The third-order valence-electron chi connectivity index (χ3n) is 4.23. The minimum atomic E-state index is -0.928. The molecule has 1 aliphatic rings. The molecule has 0 N–H and O–H groups in total. The zero-order valence-electron chi connectivity index (χ0n) is 14.7. The molecule has 2 aromatic rings. The Morgan fingerprint density at radius 3 is 2.35 bits per heavy atom. The highest BCUT2D eigenvalue weighted by atomic mass is 19.2. The van der Waals surface area contributed by atoms with Crippen LogP contribution in [0.2, 0.25) is 0 Å². The second-order valence-corrected chi connectivity index (χ2v) is 6.27. The molecule has 0 atom stereocenters. The van der Waals surface area contributed by atoms with E-state index >= 15 is 0 Å². The van der Waals surface area contributed by atoms with Crippen molar-refractivity contribution in [3.63, 3.8) is 0 Å². The number of halogens is 2. The van der Waals surface area contributed by atoms with E-state index < -0.39 is 11.6 Å². The third kappa shape index (κ3) is 5.56. The first kappa shape index (κ1) is 18.4. The summed E-state index contributed by atoms with van der Waals surface area (Å²) in [6.45, 7) is 3.98. The van der Waals surface area contributed by atoms with Crippen molar-refractivity contribution in [3.05, 3.63) is 66.3 Å². The van der Waals surface area contributed by atoms with E-state index in [0.717, 1.165) is 56.8 Å². The summed E-state index contributed by atoms with van der Waals surface area (Å²) in [5.41, 5.74) is 0. The van der Waals surface area contributed by atoms with Crippen LogP contribution in [0.15, 0.2) is 54.6 Å². The summed E-state index contributed by atoms with van der Waals surface area (Å²) in [6.07, 6.45) is 7.73. The lowest BCUT2D eigenvalue weighted by Crippen LogP contribution is -2.28. The normalized spacial score (nSPS) is 14.4. The van der Waals surface area contributed by atoms with Gasteiger partial charge in [0, 0.05) is 19.2 Å². The van der Waals surface area contributed by atoms with Crippen LogP contribution in [-0.2, 0) is 0 Å². The Hall–Kier alpha value is -2.40. The van der Waals surface area contributed by atoms with Gasteiger partial charge in [-0.15, -0.1) is 0 Å². The zero-order valence-corrected chi connectivity index (χ0v) is 14.7. The van der Waals surface area contributed by atoms with Crippen molar-refractivity contribution in [3.8, 4) is 17.2 Å². The summed E-state index contributed by atoms with van der Waals surface area (Å²) < 4.78 is 37.3. The smallest absolute Gasteiger partial charge is 0.162 e. The van der Waals surface area contributed by atoms with Crippen molar-refractivity contribution < 1.29 is 18.3 Å². The fourth-order valence-corrected chi connectivity index (χ4v) is 2.80. The monoisotopic (exact) mass is 359 g/mol. The average Bonchev–Trinajstić information content (AvgIpc) is 2.67. The minimum absolute atomic E-state index is 0.255. The highest BCUT2D eigenvalue weighted by Gasteiger charge is 2.06. The fourth-order valence-electron chi connectivity index (χ4n) is 2.80. The van der Waals surface area contributed by atoms with Crippen LogP contribution in [0.3, 0.4) is 0 Å². The quantitative estimate of drug-likeness (QED) is 0.479. The van der Waals surface area contributed by atoms with Crippen LogP contribution in [0, 0.1) is 11.6 Å². The Balaban J connectivity index is 1.38. The molecular formula is C21H23F2NO2. The van der Waals surface area contributed by atoms with E-state index in [0.29, 0.717) is 12.4 Å². The Morgan fingerprint density at radius 2 is 1.62 bits per heavy atom. The fraction of sp³-hybridized carbons (Fsp3) is 0.333. The van der Waals surface area contributed by atoms with Gasteiger partial charge in [-0.2, -0.15) is 0 Å². The molecule has 2 aromatic carbocycles. The molecule has 1 heterocycles. The van der Waals surface area contributed by atoms with Crippen molar-refractivity contribution in [2.75, 3.05) is 26.2 Å². The predicted molar refractivity (Wildman–Crippen MR) is 97.8 cm³/mol. The molecule has 0 fully saturated rings. The van der Waals surface area contributed by atoms with Crippen molar-refractivity contribution in [1.29, 1.82) is 0 Å². The lowest BCUT2D eigenvalue weighted by atomic mass is 10.2. The number of unbranched alkanes of at least 4 members (excludes halogenated alkanes) is 1. The summed E-state index contributed by atoms with van der Waals surface area (Å²) in [5, 5.41) is 0. The molecule has 0 aromatic heterocycles. The van der Waals surface area contributed by atoms with Gasteiger partial charge < -0.3 is 9.47 Å². The lowest BCUT2D eigenvalue weighted by molar-refractivity contribution is 0.263. The maximum absolute atomic E-state index is 13.2. The number of nitrogens with zero attached hydrogens (tertiary/aromatic N) is 1. The molecule has 0 radical (unpaired) electrons. The van der Waals surface area contributed by atoms with E-state index in [1.807, 2.05) is 12.1 Å². The van der Waals surface area contributed by atoms with E-state index in [1.165, 1.54) is 6.07 Å². The molecule has 3 nitrogen and oxygen atoms in total. The molecule has 0 spiro atoms. The molecule has 5 heteroatoms. The maximum Gasteiger partial charge on any atom is 0.162 e. The molecule has 0 amide bonds. The number of ether oxygens (including phenoxy) is 2. The molecule has 1 aliphatic heterocycles. The van der Waals surface area contributed by atoms with Gasteiger partial charge in [-0.3, -0.25) is 4.90 Å². The molecule has 0 saturated carbocycles. The van der Waals surface area contributed by atoms with Gasteiger partial charge in [-0.1, -0.05) is 12.2 Å². The van der Waals surface area contributed by atoms with Crippen molar-refractivity contribution in [2.24, 2.45) is 0 Å². The summed E-state index contributed by atoms with van der Waals surface area (Å²) in [6, 6.07) is 10.6. The minimum Gasteiger partial charge on any atom is -0.494 e. The Morgan fingerprint density at radius 1 is 0.846 bits per heavy atom. The molecule has 0 bridgehead atoms. The van der Waals surface area contributed by atoms with Crippen molar-refractivity contribution in [1.82, 2.24) is 4.90 Å². The van der Waals surface area contributed by atoms with Crippen LogP contribution in [0.1, 0.15) is 19.3 Å². The Labute approximate surface area is 152 Å². The van der Waals surface area contributed by atoms with Crippen LogP contribution in [0.5, 0.6) is 17.2 Å². The van der Waals surface area contributed by atoms with Gasteiger partial charge in [-0.25, -0.2) is 8.78 Å². The summed E-state index contributed by atoms with van der Waals surface area (Å²) in [5.74, 6) is -0.254. The first-order valence-corrected chi connectivity index (χ1v) is 8.94. The SMILES string of the molecule is Fc1ccc(Oc2ccc(OCCCCN3CC=CCC3)cc2)cc1F. The van der Waals surface area contributed by atoms with Gasteiger partial charge in [0.2, 0.25) is 0 Å². The molecule has 138 valence electrons. The first-order valence-electron chi connectivity index (χ1n) is 8.94. The van der Waals surface area contributed by atoms with E-state index in [-0.39, 0.29) is 5.75 Å². The number of hydrogen-bond donors (Lipinski definition) is 0. The second kappa shape index (κ2) is 9.34. The Bertz CT molecular complexity index is 731. The number of rotatable bonds is 8. The van der Waals surface area contributed by atoms with Gasteiger partial charge in [0.05, 0.1) is 6.61 Å². The Kier molecular flexibility index (Phi) is 6.61. The van der Waals surface area contributed by atoms with Crippen LogP contribution >= 0.6 is 0 Å². The van der Waals surface area contributed by atoms with E-state index in [4.69, 9.17) is 9.47 Å². The molecule has 26 heavy (non-hydrogen) atoms. The summed E-state index contributed by atoms with van der Waals surface area (Å²) in [7, 11) is 0. The third-order valence-corrected chi connectivity index (χ3v) is 4.23. The number of hydrogen-bond acceptors (Lipinski definition) is 3. The van der Waals surface area contributed by atoms with Gasteiger partial charge in [0.25, 0.3) is 0 Å². The van der Waals surface area contributed by atoms with E-state index in [1.54, 1.807) is 12.1 Å². The highest BCUT2D eigenvalue weighted by Crippen LogP contribution is 2.25. The van der Waals surface area contributed by atoms with Gasteiger partial charge >= 0.3 is 0 Å². The topological polar surface area (TPSA) is 21.7 Å². The largest absolute Gasteiger partial charge is 0.494 e. The van der Waals surface area contributed by atoms with Crippen molar-refractivity contribution in [2.45, 2.75) is 19.3 Å². The molecule has 0 aliphatic carbocycles. The second-order valence-electron chi connectivity index (χ2n) is 6.27. The van der Waals surface area contributed by atoms with Crippen LogP contribution in [-0.4, -0.2) is 31.1 Å². The highest BCUT2D eigenvalue weighted by molar-refractivity contribution is 5.35. The molecule has 3 rings (SSSR count). The standard InChI is InChI=1S/C21H23F2NO2/c22-20-11-10-19(16-21(20)23)26-18-8-6-17(7-9-18)25-15-5-4-14-24-12-2-1-3-13-24/h1-2,6-11,16H,3-5,12-15H2. The average molecular weight is 359 g/mol. The molecule has 0 saturated heterocycles. The molecular weight excluding hydrogens is 336 g/mol. The van der Waals surface area contributed by atoms with Gasteiger partial charge in [-0.05, 0) is 62.2 Å². The lowest BCUT2D eigenvalue weighted by Gasteiger charge is -2.22. The first-order chi connectivity index (χ1) is 12.7. The van der Waals surface area contributed by atoms with Gasteiger partial charge in [0.1, 0.15) is 17.2 Å².